The number of nitrogens with one attached hydrogen (secondary N) is 1. The highest BCUT2D eigenvalue weighted by atomic mass is 35.5. The first-order valence-electron chi connectivity index (χ1n) is 6.64. The lowest BCUT2D eigenvalue weighted by Crippen LogP contribution is -1.99. The molecule has 8 heteroatoms. The first-order chi connectivity index (χ1) is 11.1. The van der Waals surface area contributed by atoms with E-state index in [1.165, 1.54) is 16.8 Å². The Morgan fingerprint density at radius 3 is 2.65 bits per heavy atom. The minimum Gasteiger partial charge on any atom is -0.359 e. The molecule has 0 saturated heterocycles. The SMILES string of the molecule is Fc1ccc(-n2nnnc2-c2c[nH]c3c(Cl)cc(Cl)cc23)cc1. The zero-order chi connectivity index (χ0) is 16.0. The summed E-state index contributed by atoms with van der Waals surface area (Å²) in [4.78, 5) is 3.10. The molecule has 0 spiro atoms. The second-order valence-electron chi connectivity index (χ2n) is 4.90. The summed E-state index contributed by atoms with van der Waals surface area (Å²) in [5, 5.41) is 13.6. The number of halogens is 3. The fourth-order valence-corrected chi connectivity index (χ4v) is 3.00. The van der Waals surface area contributed by atoms with Crippen LogP contribution in [0.4, 0.5) is 4.39 Å². The van der Waals surface area contributed by atoms with E-state index >= 15 is 0 Å². The first-order valence-corrected chi connectivity index (χ1v) is 7.40. The second-order valence-corrected chi connectivity index (χ2v) is 5.75. The minimum atomic E-state index is -0.325. The van der Waals surface area contributed by atoms with Crippen molar-refractivity contribution in [1.82, 2.24) is 25.2 Å². The second kappa shape index (κ2) is 5.33. The molecular formula is C15H8Cl2FN5. The van der Waals surface area contributed by atoms with Gasteiger partial charge in [0.15, 0.2) is 5.82 Å². The maximum atomic E-state index is 13.1. The molecule has 2 aromatic carbocycles. The van der Waals surface area contributed by atoms with Crippen LogP contribution in [0.3, 0.4) is 0 Å². The Labute approximate surface area is 139 Å². The third kappa shape index (κ3) is 2.36. The molecule has 23 heavy (non-hydrogen) atoms. The molecule has 0 aliphatic carbocycles. The molecule has 0 fully saturated rings. The number of hydrogen-bond acceptors (Lipinski definition) is 3. The lowest BCUT2D eigenvalue weighted by atomic mass is 10.1. The van der Waals surface area contributed by atoms with Gasteiger partial charge in [-0.25, -0.2) is 4.39 Å². The first kappa shape index (κ1) is 14.2. The number of aromatic amines is 1. The van der Waals surface area contributed by atoms with E-state index in [2.05, 4.69) is 20.5 Å². The Hall–Kier alpha value is -2.44. The molecule has 0 aliphatic rings. The molecule has 0 atom stereocenters. The standard InChI is InChI=1S/C15H8Cl2FN5/c16-8-5-11-12(7-19-14(11)13(17)6-8)15-20-21-22-23(15)10-3-1-9(18)2-4-10/h1-7,19H. The molecule has 0 bridgehead atoms. The van der Waals surface area contributed by atoms with E-state index < -0.39 is 0 Å². The number of tetrazole rings is 1. The van der Waals surface area contributed by atoms with Gasteiger partial charge in [-0.1, -0.05) is 23.2 Å². The molecule has 0 aliphatic heterocycles. The number of benzene rings is 2. The third-order valence-electron chi connectivity index (χ3n) is 3.49. The van der Waals surface area contributed by atoms with Crippen LogP contribution in [0.5, 0.6) is 0 Å². The monoisotopic (exact) mass is 347 g/mol. The van der Waals surface area contributed by atoms with Crippen LogP contribution >= 0.6 is 23.2 Å². The van der Waals surface area contributed by atoms with Crippen molar-refractivity contribution in [2.24, 2.45) is 0 Å². The van der Waals surface area contributed by atoms with E-state index in [0.717, 1.165) is 16.5 Å². The summed E-state index contributed by atoms with van der Waals surface area (Å²) in [7, 11) is 0. The number of nitrogens with zero attached hydrogens (tertiary/aromatic N) is 4. The molecule has 1 N–H and O–H groups in total. The predicted molar refractivity (Wildman–Crippen MR) is 86.4 cm³/mol. The number of rotatable bonds is 2. The zero-order valence-electron chi connectivity index (χ0n) is 11.5. The topological polar surface area (TPSA) is 59.4 Å². The maximum Gasteiger partial charge on any atom is 0.189 e. The van der Waals surface area contributed by atoms with Gasteiger partial charge in [0.25, 0.3) is 0 Å². The summed E-state index contributed by atoms with van der Waals surface area (Å²) in [6, 6.07) is 9.36. The summed E-state index contributed by atoms with van der Waals surface area (Å²) >= 11 is 12.3. The summed E-state index contributed by atoms with van der Waals surface area (Å²) in [6.45, 7) is 0. The number of fused-ring (bicyclic) bond motifs is 1. The van der Waals surface area contributed by atoms with Gasteiger partial charge >= 0.3 is 0 Å². The molecule has 0 amide bonds. The molecule has 2 aromatic heterocycles. The van der Waals surface area contributed by atoms with Crippen molar-refractivity contribution < 1.29 is 4.39 Å². The Bertz CT molecular complexity index is 1010. The highest BCUT2D eigenvalue weighted by Crippen LogP contribution is 2.34. The fraction of sp³-hybridized carbons (Fsp3) is 0. The predicted octanol–water partition coefficient (Wildman–Crippen LogP) is 4.26. The zero-order valence-corrected chi connectivity index (χ0v) is 13.0. The van der Waals surface area contributed by atoms with Crippen LogP contribution in [0.15, 0.2) is 42.6 Å². The van der Waals surface area contributed by atoms with Crippen molar-refractivity contribution >= 4 is 34.1 Å². The third-order valence-corrected chi connectivity index (χ3v) is 4.00. The van der Waals surface area contributed by atoms with Crippen molar-refractivity contribution in [1.29, 1.82) is 0 Å². The summed E-state index contributed by atoms with van der Waals surface area (Å²) in [5.41, 5.74) is 2.15. The quantitative estimate of drug-likeness (QED) is 0.589. The lowest BCUT2D eigenvalue weighted by molar-refractivity contribution is 0.627. The fourth-order valence-electron chi connectivity index (χ4n) is 2.45. The minimum absolute atomic E-state index is 0.325. The molecule has 114 valence electrons. The Kier molecular flexibility index (Phi) is 3.28. The van der Waals surface area contributed by atoms with E-state index in [1.54, 1.807) is 30.5 Å². The van der Waals surface area contributed by atoms with E-state index in [9.17, 15) is 4.39 Å². The number of hydrogen-bond donors (Lipinski definition) is 1. The van der Waals surface area contributed by atoms with Crippen molar-refractivity contribution in [3.8, 4) is 17.1 Å². The van der Waals surface area contributed by atoms with Gasteiger partial charge in [0.2, 0.25) is 0 Å². The van der Waals surface area contributed by atoms with Crippen LogP contribution in [-0.4, -0.2) is 25.2 Å². The average Bonchev–Trinajstić information content (AvgIpc) is 3.14. The van der Waals surface area contributed by atoms with Crippen LogP contribution in [0.2, 0.25) is 10.0 Å². The van der Waals surface area contributed by atoms with Gasteiger partial charge in [-0.2, -0.15) is 4.68 Å². The smallest absolute Gasteiger partial charge is 0.189 e. The molecule has 0 saturated carbocycles. The van der Waals surface area contributed by atoms with E-state index in [0.29, 0.717) is 21.6 Å². The molecule has 4 rings (SSSR count). The molecule has 2 heterocycles. The summed E-state index contributed by atoms with van der Waals surface area (Å²) in [5.74, 6) is 0.176. The summed E-state index contributed by atoms with van der Waals surface area (Å²) in [6.07, 6.45) is 1.76. The number of H-pyrrole nitrogens is 1. The Morgan fingerprint density at radius 1 is 1.09 bits per heavy atom. The van der Waals surface area contributed by atoms with Gasteiger partial charge < -0.3 is 4.98 Å². The van der Waals surface area contributed by atoms with Crippen molar-refractivity contribution in [3.05, 3.63) is 58.5 Å². The van der Waals surface area contributed by atoms with Crippen LogP contribution in [0, 0.1) is 5.82 Å². The van der Waals surface area contributed by atoms with Crippen molar-refractivity contribution in [2.45, 2.75) is 0 Å². The maximum absolute atomic E-state index is 13.1. The van der Waals surface area contributed by atoms with Crippen LogP contribution < -0.4 is 0 Å². The van der Waals surface area contributed by atoms with Gasteiger partial charge in [-0.15, -0.1) is 5.10 Å². The van der Waals surface area contributed by atoms with Gasteiger partial charge in [-0.3, -0.25) is 0 Å². The van der Waals surface area contributed by atoms with Crippen LogP contribution in [-0.2, 0) is 0 Å². The van der Waals surface area contributed by atoms with Crippen molar-refractivity contribution in [2.75, 3.05) is 0 Å². The molecule has 0 unspecified atom stereocenters. The van der Waals surface area contributed by atoms with Crippen molar-refractivity contribution in [3.63, 3.8) is 0 Å². The molecule has 5 nitrogen and oxygen atoms in total. The Morgan fingerprint density at radius 2 is 1.87 bits per heavy atom. The van der Waals surface area contributed by atoms with Gasteiger partial charge in [-0.05, 0) is 46.8 Å². The van der Waals surface area contributed by atoms with Gasteiger partial charge in [0.05, 0.1) is 16.2 Å². The Balaban J connectivity index is 1.93. The average molecular weight is 348 g/mol. The van der Waals surface area contributed by atoms with E-state index in [1.807, 2.05) is 0 Å². The van der Waals surface area contributed by atoms with E-state index in [4.69, 9.17) is 23.2 Å². The van der Waals surface area contributed by atoms with Crippen LogP contribution in [0.25, 0.3) is 28.0 Å². The van der Waals surface area contributed by atoms with Crippen LogP contribution in [0.1, 0.15) is 0 Å². The highest BCUT2D eigenvalue weighted by Gasteiger charge is 2.17. The molecule has 4 aromatic rings. The lowest BCUT2D eigenvalue weighted by Gasteiger charge is -2.04. The highest BCUT2D eigenvalue weighted by molar-refractivity contribution is 6.38. The largest absolute Gasteiger partial charge is 0.359 e. The summed E-state index contributed by atoms with van der Waals surface area (Å²) < 4.78 is 14.6. The molecule has 0 radical (unpaired) electrons. The normalized spacial score (nSPS) is 11.3. The number of aromatic nitrogens is 5. The van der Waals surface area contributed by atoms with E-state index in [-0.39, 0.29) is 5.82 Å². The van der Waals surface area contributed by atoms with Gasteiger partial charge in [0.1, 0.15) is 5.82 Å². The molecular weight excluding hydrogens is 340 g/mol. The van der Waals surface area contributed by atoms with Gasteiger partial charge in [0, 0.05) is 22.2 Å².